The van der Waals surface area contributed by atoms with Crippen molar-refractivity contribution in [3.05, 3.63) is 11.6 Å². The predicted octanol–water partition coefficient (Wildman–Crippen LogP) is 1.69. The standard InChI is InChI=1S/C10H13F4NO2/c1-17-6-7-2-4-15(5-3-7)9(16)10(13,14)8(11)12/h2,8H,3-6H2,1H3. The van der Waals surface area contributed by atoms with Crippen LogP contribution in [0.4, 0.5) is 17.6 Å². The third kappa shape index (κ3) is 3.18. The Kier molecular flexibility index (Phi) is 4.50. The van der Waals surface area contributed by atoms with Gasteiger partial charge in [-0.05, 0) is 12.0 Å². The minimum Gasteiger partial charge on any atom is -0.380 e. The molecular formula is C10H13F4NO2. The predicted molar refractivity (Wildman–Crippen MR) is 52.1 cm³/mol. The van der Waals surface area contributed by atoms with Crippen LogP contribution in [0, 0.1) is 0 Å². The highest BCUT2D eigenvalue weighted by Gasteiger charge is 2.51. The minimum absolute atomic E-state index is 0.0103. The van der Waals surface area contributed by atoms with Gasteiger partial charge in [0.05, 0.1) is 6.61 Å². The molecular weight excluding hydrogens is 242 g/mol. The molecule has 1 heterocycles. The number of carbonyl (C=O) groups excluding carboxylic acids is 1. The maximum atomic E-state index is 12.8. The molecule has 0 aromatic heterocycles. The second-order valence-electron chi connectivity index (χ2n) is 3.72. The third-order valence-electron chi connectivity index (χ3n) is 2.48. The number of ether oxygens (including phenoxy) is 1. The van der Waals surface area contributed by atoms with Crippen LogP contribution in [0.3, 0.4) is 0 Å². The molecule has 17 heavy (non-hydrogen) atoms. The summed E-state index contributed by atoms with van der Waals surface area (Å²) in [6, 6.07) is 0. The van der Waals surface area contributed by atoms with Crippen molar-refractivity contribution in [3.8, 4) is 0 Å². The van der Waals surface area contributed by atoms with Crippen LogP contribution >= 0.6 is 0 Å². The molecule has 0 saturated carbocycles. The van der Waals surface area contributed by atoms with Crippen molar-refractivity contribution in [2.75, 3.05) is 26.8 Å². The van der Waals surface area contributed by atoms with Gasteiger partial charge in [0.15, 0.2) is 0 Å². The van der Waals surface area contributed by atoms with E-state index >= 15 is 0 Å². The normalized spacial score (nSPS) is 17.3. The van der Waals surface area contributed by atoms with Crippen LogP contribution in [0.25, 0.3) is 0 Å². The highest BCUT2D eigenvalue weighted by molar-refractivity contribution is 5.84. The van der Waals surface area contributed by atoms with Crippen LogP contribution in [0.2, 0.25) is 0 Å². The zero-order valence-electron chi connectivity index (χ0n) is 9.26. The van der Waals surface area contributed by atoms with E-state index in [0.29, 0.717) is 13.0 Å². The van der Waals surface area contributed by atoms with Gasteiger partial charge in [-0.2, -0.15) is 8.78 Å². The number of nitrogens with zero attached hydrogens (tertiary/aromatic N) is 1. The molecule has 98 valence electrons. The van der Waals surface area contributed by atoms with Gasteiger partial charge in [0, 0.05) is 20.2 Å². The Morgan fingerprint density at radius 3 is 2.65 bits per heavy atom. The van der Waals surface area contributed by atoms with Crippen molar-refractivity contribution in [2.45, 2.75) is 18.8 Å². The van der Waals surface area contributed by atoms with Crippen molar-refractivity contribution >= 4 is 5.91 Å². The Bertz CT molecular complexity index is 317. The Labute approximate surface area is 96.0 Å². The zero-order valence-corrected chi connectivity index (χ0v) is 9.26. The van der Waals surface area contributed by atoms with E-state index < -0.39 is 18.3 Å². The van der Waals surface area contributed by atoms with Crippen molar-refractivity contribution in [2.24, 2.45) is 0 Å². The molecule has 0 saturated heterocycles. The van der Waals surface area contributed by atoms with E-state index in [1.807, 2.05) is 0 Å². The molecule has 0 radical (unpaired) electrons. The lowest BCUT2D eigenvalue weighted by molar-refractivity contribution is -0.180. The van der Waals surface area contributed by atoms with Gasteiger partial charge in [0.25, 0.3) is 5.91 Å². The fourth-order valence-electron chi connectivity index (χ4n) is 1.52. The SMILES string of the molecule is COCC1=CCN(C(=O)C(F)(F)C(F)F)CC1. The average Bonchev–Trinajstić information content (AvgIpc) is 2.29. The van der Waals surface area contributed by atoms with Gasteiger partial charge >= 0.3 is 12.3 Å². The van der Waals surface area contributed by atoms with Gasteiger partial charge in [0.1, 0.15) is 0 Å². The second kappa shape index (κ2) is 5.48. The molecule has 7 heteroatoms. The fourth-order valence-corrected chi connectivity index (χ4v) is 1.52. The van der Waals surface area contributed by atoms with Gasteiger partial charge in [-0.1, -0.05) is 6.08 Å². The van der Waals surface area contributed by atoms with Gasteiger partial charge in [-0.3, -0.25) is 4.79 Å². The van der Waals surface area contributed by atoms with Gasteiger partial charge in [0.2, 0.25) is 0 Å². The van der Waals surface area contributed by atoms with Crippen LogP contribution in [0.15, 0.2) is 11.6 Å². The molecule has 0 aliphatic carbocycles. The minimum atomic E-state index is -4.60. The first-order chi connectivity index (χ1) is 7.89. The third-order valence-corrected chi connectivity index (χ3v) is 2.48. The Morgan fingerprint density at radius 1 is 1.59 bits per heavy atom. The Hall–Kier alpha value is -1.11. The molecule has 0 bridgehead atoms. The summed E-state index contributed by atoms with van der Waals surface area (Å²) in [5.41, 5.74) is 0.872. The number of hydrogen-bond donors (Lipinski definition) is 0. The van der Waals surface area contributed by atoms with E-state index in [4.69, 9.17) is 4.74 Å². The Balaban J connectivity index is 2.63. The summed E-state index contributed by atoms with van der Waals surface area (Å²) in [7, 11) is 1.49. The van der Waals surface area contributed by atoms with E-state index in [1.165, 1.54) is 7.11 Å². The van der Waals surface area contributed by atoms with Gasteiger partial charge < -0.3 is 9.64 Å². The summed E-state index contributed by atoms with van der Waals surface area (Å²) in [5.74, 6) is -6.42. The smallest absolute Gasteiger partial charge is 0.380 e. The molecule has 0 N–H and O–H groups in total. The number of halogens is 4. The topological polar surface area (TPSA) is 29.5 Å². The molecule has 1 rings (SSSR count). The molecule has 1 amide bonds. The van der Waals surface area contributed by atoms with Crippen LogP contribution in [0.5, 0.6) is 0 Å². The van der Waals surface area contributed by atoms with Crippen LogP contribution in [-0.2, 0) is 9.53 Å². The molecule has 0 unspecified atom stereocenters. The number of amides is 1. The number of alkyl halides is 4. The number of rotatable bonds is 4. The van der Waals surface area contributed by atoms with E-state index in [9.17, 15) is 22.4 Å². The highest BCUT2D eigenvalue weighted by atomic mass is 19.3. The van der Waals surface area contributed by atoms with E-state index in [0.717, 1.165) is 10.5 Å². The summed E-state index contributed by atoms with van der Waals surface area (Å²) in [4.78, 5) is 11.9. The number of carbonyl (C=O) groups is 1. The molecule has 0 spiro atoms. The van der Waals surface area contributed by atoms with Crippen LogP contribution in [0.1, 0.15) is 6.42 Å². The summed E-state index contributed by atoms with van der Waals surface area (Å²) >= 11 is 0. The van der Waals surface area contributed by atoms with Crippen LogP contribution in [-0.4, -0.2) is 50.0 Å². The summed E-state index contributed by atoms with van der Waals surface area (Å²) in [5, 5.41) is 0. The molecule has 0 aromatic carbocycles. The molecule has 1 aliphatic rings. The zero-order chi connectivity index (χ0) is 13.1. The van der Waals surface area contributed by atoms with Gasteiger partial charge in [-0.25, -0.2) is 8.78 Å². The summed E-state index contributed by atoms with van der Waals surface area (Å²) < 4.78 is 54.4. The van der Waals surface area contributed by atoms with E-state index in [-0.39, 0.29) is 13.1 Å². The maximum Gasteiger partial charge on any atom is 0.383 e. The van der Waals surface area contributed by atoms with E-state index in [1.54, 1.807) is 6.08 Å². The lowest BCUT2D eigenvalue weighted by Crippen LogP contribution is -2.49. The highest BCUT2D eigenvalue weighted by Crippen LogP contribution is 2.26. The first-order valence-corrected chi connectivity index (χ1v) is 5.01. The van der Waals surface area contributed by atoms with Crippen molar-refractivity contribution in [1.82, 2.24) is 4.90 Å². The first-order valence-electron chi connectivity index (χ1n) is 5.01. The fraction of sp³-hybridized carbons (Fsp3) is 0.700. The van der Waals surface area contributed by atoms with Gasteiger partial charge in [-0.15, -0.1) is 0 Å². The van der Waals surface area contributed by atoms with Crippen molar-refractivity contribution in [3.63, 3.8) is 0 Å². The number of hydrogen-bond acceptors (Lipinski definition) is 2. The van der Waals surface area contributed by atoms with Crippen molar-refractivity contribution in [1.29, 1.82) is 0 Å². The lowest BCUT2D eigenvalue weighted by Gasteiger charge is -2.29. The van der Waals surface area contributed by atoms with Crippen LogP contribution < -0.4 is 0 Å². The number of methoxy groups -OCH3 is 1. The molecule has 0 aromatic rings. The monoisotopic (exact) mass is 255 g/mol. The average molecular weight is 255 g/mol. The largest absolute Gasteiger partial charge is 0.383 e. The first kappa shape index (κ1) is 14.0. The summed E-state index contributed by atoms with van der Waals surface area (Å²) in [6.07, 6.45) is -2.06. The van der Waals surface area contributed by atoms with Crippen molar-refractivity contribution < 1.29 is 27.1 Å². The summed E-state index contributed by atoms with van der Waals surface area (Å²) in [6.45, 7) is 0.281. The molecule has 0 atom stereocenters. The second-order valence-corrected chi connectivity index (χ2v) is 3.72. The molecule has 0 fully saturated rings. The molecule has 3 nitrogen and oxygen atoms in total. The quantitative estimate of drug-likeness (QED) is 0.565. The van der Waals surface area contributed by atoms with E-state index in [2.05, 4.69) is 0 Å². The maximum absolute atomic E-state index is 12.8. The molecule has 1 aliphatic heterocycles. The Morgan fingerprint density at radius 2 is 2.24 bits per heavy atom. The lowest BCUT2D eigenvalue weighted by atomic mass is 10.1.